The fourth-order valence-corrected chi connectivity index (χ4v) is 9.98. The summed E-state index contributed by atoms with van der Waals surface area (Å²) in [6, 6.07) is 33.0. The molecule has 0 aromatic heterocycles. The molecular formula is C61H52N4O8. The molecule has 364 valence electrons. The Morgan fingerprint density at radius 3 is 1.07 bits per heavy atom. The van der Waals surface area contributed by atoms with E-state index in [4.69, 9.17) is 51.0 Å². The van der Waals surface area contributed by atoms with Gasteiger partial charge in [-0.05, 0) is 119 Å². The van der Waals surface area contributed by atoms with Crippen LogP contribution >= 0.6 is 0 Å². The first-order valence-electron chi connectivity index (χ1n) is 23.4. The van der Waals surface area contributed by atoms with Crippen molar-refractivity contribution in [3.63, 3.8) is 0 Å². The highest BCUT2D eigenvalue weighted by molar-refractivity contribution is 5.73. The quantitative estimate of drug-likeness (QED) is 0.0538. The molecule has 0 bridgehead atoms. The van der Waals surface area contributed by atoms with Crippen molar-refractivity contribution in [3.05, 3.63) is 204 Å². The lowest BCUT2D eigenvalue weighted by molar-refractivity contribution is 0.348. The molecule has 12 heteroatoms. The van der Waals surface area contributed by atoms with Gasteiger partial charge in [-0.2, -0.15) is 10.5 Å². The van der Waals surface area contributed by atoms with Gasteiger partial charge in [0.05, 0.1) is 13.1 Å². The molecule has 1 unspecified atom stereocenters. The van der Waals surface area contributed by atoms with Crippen LogP contribution in [0.25, 0.3) is 9.69 Å². The highest BCUT2D eigenvalue weighted by Crippen LogP contribution is 2.66. The smallest absolute Gasteiger partial charge is 0.269 e. The summed E-state index contributed by atoms with van der Waals surface area (Å²) >= 11 is 0. The van der Waals surface area contributed by atoms with Crippen LogP contribution < -0.4 is 37.9 Å². The van der Waals surface area contributed by atoms with Gasteiger partial charge in [0.25, 0.3) is 11.4 Å². The first kappa shape index (κ1) is 50.0. The van der Waals surface area contributed by atoms with Crippen LogP contribution in [0.5, 0.6) is 69.0 Å². The molecule has 6 aromatic rings. The molecule has 73 heavy (non-hydrogen) atoms. The lowest BCUT2D eigenvalue weighted by Crippen LogP contribution is -2.27. The minimum Gasteiger partial charge on any atom is -0.500 e. The lowest BCUT2D eigenvalue weighted by atomic mass is 9.72. The van der Waals surface area contributed by atoms with Gasteiger partial charge in [0.1, 0.15) is 95.7 Å². The second-order valence-electron chi connectivity index (χ2n) is 18.6. The summed E-state index contributed by atoms with van der Waals surface area (Å²) in [5, 5.41) is 21.0. The molecule has 1 atom stereocenters. The predicted octanol–water partition coefficient (Wildman–Crippen LogP) is 15.6. The van der Waals surface area contributed by atoms with Gasteiger partial charge in [0.15, 0.2) is 23.0 Å². The minimum atomic E-state index is -0.689. The van der Waals surface area contributed by atoms with Crippen molar-refractivity contribution in [1.29, 1.82) is 10.5 Å². The number of hydrogen-bond acceptors (Lipinski definition) is 10. The Morgan fingerprint density at radius 1 is 0.452 bits per heavy atom. The highest BCUT2D eigenvalue weighted by Gasteiger charge is 2.57. The van der Waals surface area contributed by atoms with Gasteiger partial charge >= 0.3 is 0 Å². The van der Waals surface area contributed by atoms with Crippen molar-refractivity contribution in [2.75, 3.05) is 26.4 Å². The van der Waals surface area contributed by atoms with Crippen LogP contribution in [0.2, 0.25) is 0 Å². The van der Waals surface area contributed by atoms with E-state index in [0.717, 1.165) is 22.3 Å². The van der Waals surface area contributed by atoms with Crippen LogP contribution in [0.15, 0.2) is 148 Å². The van der Waals surface area contributed by atoms with Crippen LogP contribution in [0.4, 0.5) is 11.4 Å². The van der Waals surface area contributed by atoms with E-state index in [0.29, 0.717) is 47.3 Å². The summed E-state index contributed by atoms with van der Waals surface area (Å²) < 4.78 is 50.7. The fourth-order valence-electron chi connectivity index (χ4n) is 9.98. The Labute approximate surface area is 426 Å². The topological polar surface area (TPSA) is 130 Å². The number of para-hydroxylation sites is 2. The van der Waals surface area contributed by atoms with Crippen LogP contribution in [-0.4, -0.2) is 26.4 Å². The molecule has 0 N–H and O–H groups in total. The molecule has 0 aliphatic heterocycles. The molecule has 0 saturated heterocycles. The molecule has 0 fully saturated rings. The predicted molar refractivity (Wildman–Crippen MR) is 280 cm³/mol. The van der Waals surface area contributed by atoms with E-state index in [1.807, 2.05) is 24.3 Å². The highest BCUT2D eigenvalue weighted by atomic mass is 16.5. The molecule has 2 aliphatic rings. The third-order valence-electron chi connectivity index (χ3n) is 12.8. The molecule has 0 radical (unpaired) electrons. The molecule has 2 aliphatic carbocycles. The van der Waals surface area contributed by atoms with Gasteiger partial charge < -0.3 is 37.9 Å². The van der Waals surface area contributed by atoms with Gasteiger partial charge in [-0.15, -0.1) is 0 Å². The lowest BCUT2D eigenvalue weighted by Gasteiger charge is -2.31. The summed E-state index contributed by atoms with van der Waals surface area (Å²) in [7, 11) is 0. The number of benzene rings is 6. The number of hydrogen-bond donors (Lipinski definition) is 0. The Hall–Kier alpha value is -9.36. The Kier molecular flexibility index (Phi) is 14.3. The maximum Gasteiger partial charge on any atom is 0.269 e. The van der Waals surface area contributed by atoms with Crippen molar-refractivity contribution >= 4 is 11.4 Å². The van der Waals surface area contributed by atoms with Crippen LogP contribution in [-0.2, 0) is 16.2 Å². The number of nitrogens with zero attached hydrogens (tertiary/aromatic N) is 4. The first-order valence-corrected chi connectivity index (χ1v) is 23.4. The Bertz CT molecular complexity index is 3140. The van der Waals surface area contributed by atoms with Crippen molar-refractivity contribution in [2.45, 2.75) is 56.8 Å². The van der Waals surface area contributed by atoms with E-state index in [-0.39, 0.29) is 83.4 Å². The van der Waals surface area contributed by atoms with E-state index >= 15 is 0 Å². The summed E-state index contributed by atoms with van der Waals surface area (Å²) in [6.45, 7) is 40.9. The van der Waals surface area contributed by atoms with Crippen LogP contribution in [0.1, 0.15) is 73.9 Å². The van der Waals surface area contributed by atoms with Gasteiger partial charge in [0, 0.05) is 5.41 Å². The Balaban J connectivity index is 1.36. The molecular weight excluding hydrogens is 917 g/mol. The van der Waals surface area contributed by atoms with Gasteiger partial charge in [-0.3, -0.25) is 0 Å². The molecule has 12 nitrogen and oxygen atoms in total. The molecule has 8 rings (SSSR count). The fraction of sp³-hybridized carbons (Fsp3) is 0.213. The zero-order chi connectivity index (χ0) is 51.9. The Morgan fingerprint density at radius 2 is 0.740 bits per heavy atom. The second kappa shape index (κ2) is 20.9. The number of fused-ring (bicyclic) bond motifs is 4. The average Bonchev–Trinajstić information content (AvgIpc) is 3.73. The summed E-state index contributed by atoms with van der Waals surface area (Å²) in [5.41, 5.74) is 2.89. The van der Waals surface area contributed by atoms with Gasteiger partial charge in [-0.1, -0.05) is 103 Å². The summed E-state index contributed by atoms with van der Waals surface area (Å²) in [6.07, 6.45) is 7.67. The standard InChI is InChI=1S/C61H52N4O8/c1-11-27-66-45-19-15-21-47(39(45)35-62)70-53-31-41-43(33-55(53)71-48-22-16-20-46(40(48)36-63)67-28-12-2)61(37-59(41,5)6)38-60(7,8)42-32-54(72-51-25-17-23-49(57(51)64-9)68-29-13-3)56(34-44(42)61)73-52-26-18-24-50(58(52)65-10)69-30-14-4/h11-26,31-34H,1-4,27-30,37-38H2,5-8H3. The van der Waals surface area contributed by atoms with Crippen LogP contribution in [0, 0.1) is 35.8 Å². The minimum absolute atomic E-state index is 0.155. The van der Waals surface area contributed by atoms with Crippen molar-refractivity contribution in [1.82, 2.24) is 0 Å². The van der Waals surface area contributed by atoms with Crippen molar-refractivity contribution < 1.29 is 37.9 Å². The van der Waals surface area contributed by atoms with E-state index in [1.165, 1.54) is 0 Å². The molecule has 0 saturated carbocycles. The van der Waals surface area contributed by atoms with Crippen molar-refractivity contribution in [3.8, 4) is 81.1 Å². The molecule has 1 spiro atoms. The van der Waals surface area contributed by atoms with E-state index < -0.39 is 16.2 Å². The van der Waals surface area contributed by atoms with Gasteiger partial charge in [0.2, 0.25) is 0 Å². The number of ether oxygens (including phenoxy) is 8. The zero-order valence-corrected chi connectivity index (χ0v) is 41.2. The molecule has 0 amide bonds. The van der Waals surface area contributed by atoms with Gasteiger partial charge in [-0.25, -0.2) is 9.69 Å². The number of nitriles is 2. The maximum absolute atomic E-state index is 10.5. The summed E-state index contributed by atoms with van der Waals surface area (Å²) in [4.78, 5) is 7.64. The third kappa shape index (κ3) is 9.63. The largest absolute Gasteiger partial charge is 0.500 e. The zero-order valence-electron chi connectivity index (χ0n) is 41.2. The van der Waals surface area contributed by atoms with Crippen LogP contribution in [0.3, 0.4) is 0 Å². The normalized spacial score (nSPS) is 15.1. The first-order chi connectivity index (χ1) is 35.3. The second-order valence-corrected chi connectivity index (χ2v) is 18.6. The molecule has 0 heterocycles. The average molecular weight is 969 g/mol. The van der Waals surface area contributed by atoms with E-state index in [2.05, 4.69) is 75.8 Å². The monoisotopic (exact) mass is 968 g/mol. The maximum atomic E-state index is 10.5. The molecule has 6 aromatic carbocycles. The number of rotatable bonds is 20. The van der Waals surface area contributed by atoms with E-state index in [1.54, 1.807) is 97.1 Å². The summed E-state index contributed by atoms with van der Waals surface area (Å²) in [5.74, 6) is 3.41. The van der Waals surface area contributed by atoms with E-state index in [9.17, 15) is 10.5 Å². The SMILES string of the molecule is [C-]#[N+]c1c(OCC=C)cccc1Oc1cc2c(cc1Oc1cccc(OCC=C)c1[N+]#[C-])C1(CC(C)(C)c3cc(Oc4cccc(OCC=C)c4C#N)c(Oc4cccc(OCC=C)c4C#N)cc31)CC2(C)C. The van der Waals surface area contributed by atoms with Crippen molar-refractivity contribution in [2.24, 2.45) is 0 Å². The third-order valence-corrected chi connectivity index (χ3v) is 12.8.